The molecule has 0 atom stereocenters. The molecule has 0 bridgehead atoms. The van der Waals surface area contributed by atoms with Gasteiger partial charge < -0.3 is 19.6 Å². The van der Waals surface area contributed by atoms with Crippen molar-refractivity contribution in [3.05, 3.63) is 71.3 Å². The number of ether oxygens (including phenoxy) is 1. The first-order chi connectivity index (χ1) is 13.4. The maximum absolute atomic E-state index is 12.3. The maximum atomic E-state index is 12.3. The SMILES string of the molecule is CN(CCc1cccc(C(=O)O)c1)C(=O)CN(C)C(=O)OCc1ccccc1. The number of benzene rings is 2. The van der Waals surface area contributed by atoms with Crippen molar-refractivity contribution in [1.29, 1.82) is 0 Å². The molecule has 28 heavy (non-hydrogen) atoms. The summed E-state index contributed by atoms with van der Waals surface area (Å²) in [6.45, 7) is 0.460. The largest absolute Gasteiger partial charge is 0.478 e. The van der Waals surface area contributed by atoms with E-state index in [0.717, 1.165) is 11.1 Å². The lowest BCUT2D eigenvalue weighted by Crippen LogP contribution is -2.40. The second kappa shape index (κ2) is 10.1. The van der Waals surface area contributed by atoms with E-state index in [0.29, 0.717) is 13.0 Å². The Morgan fingerprint density at radius 3 is 2.29 bits per heavy atom. The van der Waals surface area contributed by atoms with Gasteiger partial charge in [-0.1, -0.05) is 42.5 Å². The van der Waals surface area contributed by atoms with Crippen LogP contribution in [0.4, 0.5) is 4.79 Å². The van der Waals surface area contributed by atoms with Crippen molar-refractivity contribution in [3.8, 4) is 0 Å². The molecule has 0 radical (unpaired) electrons. The molecule has 0 aromatic heterocycles. The smallest absolute Gasteiger partial charge is 0.410 e. The van der Waals surface area contributed by atoms with E-state index >= 15 is 0 Å². The van der Waals surface area contributed by atoms with Crippen LogP contribution >= 0.6 is 0 Å². The van der Waals surface area contributed by atoms with Gasteiger partial charge >= 0.3 is 12.1 Å². The Kier molecular flexibility index (Phi) is 7.56. The molecule has 0 spiro atoms. The van der Waals surface area contributed by atoms with Crippen LogP contribution in [-0.2, 0) is 22.6 Å². The third-order valence-electron chi connectivity index (χ3n) is 4.22. The van der Waals surface area contributed by atoms with Gasteiger partial charge in [-0.05, 0) is 29.7 Å². The Balaban J connectivity index is 1.78. The summed E-state index contributed by atoms with van der Waals surface area (Å²) in [5, 5.41) is 9.03. The summed E-state index contributed by atoms with van der Waals surface area (Å²) in [5.74, 6) is -1.21. The van der Waals surface area contributed by atoms with Crippen molar-refractivity contribution >= 4 is 18.0 Å². The zero-order chi connectivity index (χ0) is 20.5. The molecule has 0 saturated heterocycles. The van der Waals surface area contributed by atoms with Crippen LogP contribution in [0.15, 0.2) is 54.6 Å². The van der Waals surface area contributed by atoms with Gasteiger partial charge in [-0.15, -0.1) is 0 Å². The van der Waals surface area contributed by atoms with E-state index in [9.17, 15) is 14.4 Å². The van der Waals surface area contributed by atoms with E-state index in [1.54, 1.807) is 19.2 Å². The molecule has 7 nitrogen and oxygen atoms in total. The summed E-state index contributed by atoms with van der Waals surface area (Å²) in [6, 6.07) is 15.9. The molecule has 2 aromatic rings. The first kappa shape index (κ1) is 21.0. The fraction of sp³-hybridized carbons (Fsp3) is 0.286. The Bertz CT molecular complexity index is 823. The number of nitrogens with zero attached hydrogens (tertiary/aromatic N) is 2. The van der Waals surface area contributed by atoms with Crippen LogP contribution < -0.4 is 0 Å². The first-order valence-corrected chi connectivity index (χ1v) is 8.85. The van der Waals surface area contributed by atoms with E-state index in [1.165, 1.54) is 22.9 Å². The Labute approximate surface area is 164 Å². The lowest BCUT2D eigenvalue weighted by Gasteiger charge is -2.22. The number of hydrogen-bond donors (Lipinski definition) is 1. The molecule has 7 heteroatoms. The molecule has 0 fully saturated rings. The van der Waals surface area contributed by atoms with Crippen LogP contribution in [0.3, 0.4) is 0 Å². The van der Waals surface area contributed by atoms with Crippen LogP contribution in [0.1, 0.15) is 21.5 Å². The van der Waals surface area contributed by atoms with Gasteiger partial charge in [0.1, 0.15) is 13.2 Å². The van der Waals surface area contributed by atoms with Gasteiger partial charge in [-0.2, -0.15) is 0 Å². The molecule has 0 unspecified atom stereocenters. The number of aromatic carboxylic acids is 1. The topological polar surface area (TPSA) is 87.2 Å². The number of rotatable bonds is 8. The number of likely N-dealkylation sites (N-methyl/N-ethyl adjacent to an activating group) is 2. The van der Waals surface area contributed by atoms with Gasteiger partial charge in [-0.3, -0.25) is 4.79 Å². The molecule has 0 saturated carbocycles. The number of carbonyl (C=O) groups excluding carboxylic acids is 2. The van der Waals surface area contributed by atoms with Crippen LogP contribution in [0.25, 0.3) is 0 Å². The molecular formula is C21H24N2O5. The molecule has 0 aliphatic carbocycles. The van der Waals surface area contributed by atoms with Gasteiger partial charge in [0.25, 0.3) is 0 Å². The van der Waals surface area contributed by atoms with Crippen molar-refractivity contribution < 1.29 is 24.2 Å². The normalized spacial score (nSPS) is 10.2. The third-order valence-corrected chi connectivity index (χ3v) is 4.22. The molecule has 0 aliphatic rings. The highest BCUT2D eigenvalue weighted by atomic mass is 16.6. The quantitative estimate of drug-likeness (QED) is 0.756. The van der Waals surface area contributed by atoms with Crippen molar-refractivity contribution in [2.75, 3.05) is 27.2 Å². The number of amides is 2. The van der Waals surface area contributed by atoms with Crippen molar-refractivity contribution in [3.63, 3.8) is 0 Å². The van der Waals surface area contributed by atoms with Crippen LogP contribution in [-0.4, -0.2) is 60.1 Å². The summed E-state index contributed by atoms with van der Waals surface area (Å²) >= 11 is 0. The highest BCUT2D eigenvalue weighted by molar-refractivity contribution is 5.87. The van der Waals surface area contributed by atoms with Crippen molar-refractivity contribution in [2.24, 2.45) is 0 Å². The van der Waals surface area contributed by atoms with E-state index in [1.807, 2.05) is 36.4 Å². The zero-order valence-electron chi connectivity index (χ0n) is 16.0. The monoisotopic (exact) mass is 384 g/mol. The van der Waals surface area contributed by atoms with Crippen LogP contribution in [0, 0.1) is 0 Å². The second-order valence-corrected chi connectivity index (χ2v) is 6.47. The van der Waals surface area contributed by atoms with E-state index in [-0.39, 0.29) is 24.6 Å². The van der Waals surface area contributed by atoms with Gasteiger partial charge in [0, 0.05) is 20.6 Å². The van der Waals surface area contributed by atoms with Gasteiger partial charge in [0.2, 0.25) is 5.91 Å². The lowest BCUT2D eigenvalue weighted by molar-refractivity contribution is -0.130. The fourth-order valence-electron chi connectivity index (χ4n) is 2.50. The molecule has 0 heterocycles. The average Bonchev–Trinajstić information content (AvgIpc) is 2.70. The minimum absolute atomic E-state index is 0.0979. The average molecular weight is 384 g/mol. The Morgan fingerprint density at radius 2 is 1.61 bits per heavy atom. The molecule has 0 aliphatic heterocycles. The Morgan fingerprint density at radius 1 is 0.929 bits per heavy atom. The summed E-state index contributed by atoms with van der Waals surface area (Å²) in [4.78, 5) is 38.1. The maximum Gasteiger partial charge on any atom is 0.410 e. The van der Waals surface area contributed by atoms with E-state index in [2.05, 4.69) is 0 Å². The van der Waals surface area contributed by atoms with E-state index < -0.39 is 12.1 Å². The van der Waals surface area contributed by atoms with Crippen LogP contribution in [0.2, 0.25) is 0 Å². The number of hydrogen-bond acceptors (Lipinski definition) is 4. The van der Waals surface area contributed by atoms with Crippen molar-refractivity contribution in [1.82, 2.24) is 9.80 Å². The molecule has 2 aromatic carbocycles. The molecule has 2 amide bonds. The van der Waals surface area contributed by atoms with Crippen molar-refractivity contribution in [2.45, 2.75) is 13.0 Å². The number of carbonyl (C=O) groups is 3. The second-order valence-electron chi connectivity index (χ2n) is 6.47. The first-order valence-electron chi connectivity index (χ1n) is 8.85. The number of carboxylic acid groups (broad SMARTS) is 1. The highest BCUT2D eigenvalue weighted by Gasteiger charge is 2.17. The molecule has 148 valence electrons. The third kappa shape index (κ3) is 6.42. The molecule has 1 N–H and O–H groups in total. The standard InChI is InChI=1S/C21H24N2O5/c1-22(12-11-16-9-6-10-18(13-16)20(25)26)19(24)14-23(2)21(27)28-15-17-7-4-3-5-8-17/h3-10,13H,11-12,14-15H2,1-2H3,(H,25,26). The van der Waals surface area contributed by atoms with Gasteiger partial charge in [0.05, 0.1) is 5.56 Å². The summed E-state index contributed by atoms with van der Waals surface area (Å²) < 4.78 is 5.20. The van der Waals surface area contributed by atoms with Gasteiger partial charge in [-0.25, -0.2) is 9.59 Å². The van der Waals surface area contributed by atoms with E-state index in [4.69, 9.17) is 9.84 Å². The summed E-state index contributed by atoms with van der Waals surface area (Å²) in [6.07, 6.45) is -0.0503. The predicted molar refractivity (Wildman–Crippen MR) is 104 cm³/mol. The minimum atomic E-state index is -0.984. The predicted octanol–water partition coefficient (Wildman–Crippen LogP) is 2.65. The number of carboxylic acids is 1. The lowest BCUT2D eigenvalue weighted by atomic mass is 10.1. The summed E-state index contributed by atoms with van der Waals surface area (Å²) in [7, 11) is 3.15. The van der Waals surface area contributed by atoms with Gasteiger partial charge in [0.15, 0.2) is 0 Å². The highest BCUT2D eigenvalue weighted by Crippen LogP contribution is 2.07. The van der Waals surface area contributed by atoms with Crippen LogP contribution in [0.5, 0.6) is 0 Å². The zero-order valence-corrected chi connectivity index (χ0v) is 16.0. The molecule has 2 rings (SSSR count). The fourth-order valence-corrected chi connectivity index (χ4v) is 2.50. The minimum Gasteiger partial charge on any atom is -0.478 e. The summed E-state index contributed by atoms with van der Waals surface area (Å²) in [5.41, 5.74) is 1.92. The molecular weight excluding hydrogens is 360 g/mol. The Hall–Kier alpha value is -3.35.